The summed E-state index contributed by atoms with van der Waals surface area (Å²) in [7, 11) is 0.704. The molecule has 0 amide bonds. The number of methoxy groups -OCH3 is 1. The zero-order valence-corrected chi connectivity index (χ0v) is 18.0. The Labute approximate surface area is 159 Å². The van der Waals surface area contributed by atoms with Gasteiger partial charge in [-0.3, -0.25) is 0 Å². The van der Waals surface area contributed by atoms with E-state index in [2.05, 4.69) is 52.9 Å². The molecule has 0 fully saturated rings. The van der Waals surface area contributed by atoms with Crippen molar-refractivity contribution in [2.24, 2.45) is 0 Å². The molecule has 2 rings (SSSR count). The van der Waals surface area contributed by atoms with E-state index in [1.54, 1.807) is 7.11 Å². The van der Waals surface area contributed by atoms with Crippen LogP contribution in [-0.4, -0.2) is 27.9 Å². The van der Waals surface area contributed by atoms with Gasteiger partial charge in [0, 0.05) is 0 Å². The fraction of sp³-hybridized carbons (Fsp3) is 0.455. The molecular weight excluding hydrogens is 340 g/mol. The number of hydrogen-bond acceptors (Lipinski definition) is 3. The van der Waals surface area contributed by atoms with Crippen molar-refractivity contribution in [1.82, 2.24) is 0 Å². The highest BCUT2D eigenvalue weighted by Gasteiger charge is 2.34. The van der Waals surface area contributed by atoms with Crippen LogP contribution in [0.4, 0.5) is 0 Å². The van der Waals surface area contributed by atoms with Crippen LogP contribution in [0.25, 0.3) is 0 Å². The van der Waals surface area contributed by atoms with Crippen molar-refractivity contribution in [3.05, 3.63) is 64.7 Å². The van der Waals surface area contributed by atoms with Gasteiger partial charge < -0.3 is 14.3 Å². The predicted molar refractivity (Wildman–Crippen MR) is 109 cm³/mol. The lowest BCUT2D eigenvalue weighted by atomic mass is 9.80. The quantitative estimate of drug-likeness (QED) is 0.741. The van der Waals surface area contributed by atoms with E-state index in [4.69, 9.17) is 9.16 Å². The highest BCUT2D eigenvalue weighted by atomic mass is 28.3. The molecule has 0 saturated heterocycles. The van der Waals surface area contributed by atoms with E-state index in [0.717, 1.165) is 22.4 Å². The summed E-state index contributed by atoms with van der Waals surface area (Å²) in [6.07, 6.45) is 0. The first-order valence-electron chi connectivity index (χ1n) is 8.99. The van der Waals surface area contributed by atoms with Gasteiger partial charge in [-0.1, -0.05) is 51.1 Å². The Morgan fingerprint density at radius 2 is 1.69 bits per heavy atom. The van der Waals surface area contributed by atoms with E-state index in [0.29, 0.717) is 0 Å². The molecule has 3 nitrogen and oxygen atoms in total. The molecule has 1 atom stereocenters. The number of aliphatic hydroxyl groups is 1. The average Bonchev–Trinajstić information content (AvgIpc) is 2.58. The third-order valence-electron chi connectivity index (χ3n) is 4.66. The molecule has 4 heteroatoms. The van der Waals surface area contributed by atoms with E-state index >= 15 is 0 Å². The van der Waals surface area contributed by atoms with Crippen LogP contribution in [0.5, 0.6) is 5.75 Å². The molecule has 0 spiro atoms. The second-order valence-corrected chi connectivity index (χ2v) is 10.2. The second-order valence-electron chi connectivity index (χ2n) is 8.07. The first kappa shape index (κ1) is 20.7. The van der Waals surface area contributed by atoms with Crippen molar-refractivity contribution in [3.63, 3.8) is 0 Å². The molecule has 0 heterocycles. The first-order chi connectivity index (χ1) is 12.1. The fourth-order valence-corrected chi connectivity index (χ4v) is 3.54. The smallest absolute Gasteiger partial charge is 0.205 e. The summed E-state index contributed by atoms with van der Waals surface area (Å²) in [5, 5.41) is 11.7. The van der Waals surface area contributed by atoms with Crippen LogP contribution in [0.2, 0.25) is 13.1 Å². The van der Waals surface area contributed by atoms with Crippen molar-refractivity contribution in [2.75, 3.05) is 13.7 Å². The molecule has 1 N–H and O–H groups in total. The highest BCUT2D eigenvalue weighted by molar-refractivity contribution is 6.48. The highest BCUT2D eigenvalue weighted by Crippen LogP contribution is 2.36. The Morgan fingerprint density at radius 1 is 1.00 bits per heavy atom. The third kappa shape index (κ3) is 4.56. The second kappa shape index (κ2) is 7.95. The van der Waals surface area contributed by atoms with Crippen LogP contribution in [0.3, 0.4) is 0 Å². The molecule has 0 bridgehead atoms. The molecule has 2 aromatic carbocycles. The number of ether oxygens (including phenoxy) is 1. The van der Waals surface area contributed by atoms with E-state index in [1.165, 1.54) is 5.56 Å². The SMILES string of the molecule is COc1cccc(C(O)(CO[Si](C)C)c2ccc(C(C)(C)C)cc2C)c1. The summed E-state index contributed by atoms with van der Waals surface area (Å²) in [6, 6.07) is 13.9. The summed E-state index contributed by atoms with van der Waals surface area (Å²) in [6.45, 7) is 13.0. The predicted octanol–water partition coefficient (Wildman–Crippen LogP) is 4.80. The number of aryl methyl sites for hydroxylation is 1. The lowest BCUT2D eigenvalue weighted by molar-refractivity contribution is 0.0263. The van der Waals surface area contributed by atoms with Crippen molar-refractivity contribution in [3.8, 4) is 5.75 Å². The van der Waals surface area contributed by atoms with E-state index in [1.807, 2.05) is 30.3 Å². The van der Waals surface area contributed by atoms with Crippen LogP contribution in [0.1, 0.15) is 43.0 Å². The van der Waals surface area contributed by atoms with Crippen molar-refractivity contribution in [2.45, 2.75) is 51.8 Å². The molecule has 0 aromatic heterocycles. The van der Waals surface area contributed by atoms with Crippen LogP contribution in [-0.2, 0) is 15.4 Å². The Bertz CT molecular complexity index is 749. The molecule has 1 unspecified atom stereocenters. The summed E-state index contributed by atoms with van der Waals surface area (Å²) < 4.78 is 11.3. The zero-order chi connectivity index (χ0) is 19.5. The van der Waals surface area contributed by atoms with Gasteiger partial charge in [0.1, 0.15) is 11.4 Å². The minimum absolute atomic E-state index is 0.0663. The monoisotopic (exact) mass is 371 g/mol. The van der Waals surface area contributed by atoms with E-state index in [9.17, 15) is 5.11 Å². The first-order valence-corrected chi connectivity index (χ1v) is 11.4. The molecule has 0 aliphatic carbocycles. The van der Waals surface area contributed by atoms with Gasteiger partial charge in [-0.05, 0) is 59.8 Å². The van der Waals surface area contributed by atoms with Gasteiger partial charge in [-0.25, -0.2) is 0 Å². The fourth-order valence-electron chi connectivity index (χ4n) is 3.04. The van der Waals surface area contributed by atoms with Gasteiger partial charge in [-0.2, -0.15) is 0 Å². The van der Waals surface area contributed by atoms with Crippen LogP contribution in [0.15, 0.2) is 42.5 Å². The Balaban J connectivity index is 2.57. The van der Waals surface area contributed by atoms with Crippen LogP contribution < -0.4 is 4.74 Å². The summed E-state index contributed by atoms with van der Waals surface area (Å²) >= 11 is 0. The maximum Gasteiger partial charge on any atom is 0.205 e. The Morgan fingerprint density at radius 3 is 2.23 bits per heavy atom. The normalized spacial score (nSPS) is 14.3. The molecule has 0 aliphatic rings. The lowest BCUT2D eigenvalue weighted by Gasteiger charge is -2.32. The molecule has 2 aromatic rings. The van der Waals surface area contributed by atoms with Crippen LogP contribution >= 0.6 is 0 Å². The minimum atomic E-state index is -1.21. The van der Waals surface area contributed by atoms with Crippen molar-refractivity contribution >= 4 is 9.04 Å². The number of rotatable bonds is 6. The van der Waals surface area contributed by atoms with E-state index < -0.39 is 14.6 Å². The average molecular weight is 372 g/mol. The molecule has 26 heavy (non-hydrogen) atoms. The van der Waals surface area contributed by atoms with Gasteiger partial charge in [0.2, 0.25) is 9.04 Å². The minimum Gasteiger partial charge on any atom is -0.497 e. The lowest BCUT2D eigenvalue weighted by Crippen LogP contribution is -2.36. The standard InChI is InChI=1S/C22H31O3Si/c1-16-13-17(21(2,3)4)11-12-20(16)22(23,15-25-26(6)7)18-9-8-10-19(14-18)24-5/h8-14,23H,15H2,1-7H3. The molecule has 1 radical (unpaired) electrons. The van der Waals surface area contributed by atoms with Gasteiger partial charge in [0.25, 0.3) is 0 Å². The van der Waals surface area contributed by atoms with Crippen molar-refractivity contribution in [1.29, 1.82) is 0 Å². The maximum atomic E-state index is 11.7. The topological polar surface area (TPSA) is 38.7 Å². The molecule has 0 aliphatic heterocycles. The maximum absolute atomic E-state index is 11.7. The van der Waals surface area contributed by atoms with Gasteiger partial charge in [0.15, 0.2) is 0 Å². The van der Waals surface area contributed by atoms with E-state index in [-0.39, 0.29) is 12.0 Å². The van der Waals surface area contributed by atoms with Gasteiger partial charge in [0.05, 0.1) is 13.7 Å². The summed E-state index contributed by atoms with van der Waals surface area (Å²) in [4.78, 5) is 0. The summed E-state index contributed by atoms with van der Waals surface area (Å²) in [5.74, 6) is 0.725. The summed E-state index contributed by atoms with van der Waals surface area (Å²) in [5.41, 5.74) is 2.83. The Hall–Kier alpha value is -1.62. The number of hydrogen-bond donors (Lipinski definition) is 1. The molecular formula is C22H31O3Si. The van der Waals surface area contributed by atoms with Crippen LogP contribution in [0, 0.1) is 6.92 Å². The Kier molecular flexibility index (Phi) is 6.32. The molecule has 141 valence electrons. The zero-order valence-electron chi connectivity index (χ0n) is 17.0. The van der Waals surface area contributed by atoms with Crippen molar-refractivity contribution < 1.29 is 14.3 Å². The third-order valence-corrected chi connectivity index (χ3v) is 5.38. The number of benzene rings is 2. The van der Waals surface area contributed by atoms with Gasteiger partial charge in [-0.15, -0.1) is 0 Å². The largest absolute Gasteiger partial charge is 0.497 e. The van der Waals surface area contributed by atoms with Gasteiger partial charge >= 0.3 is 0 Å². The molecule has 0 saturated carbocycles.